The molecule has 0 saturated heterocycles. The van der Waals surface area contributed by atoms with Gasteiger partial charge in [0.1, 0.15) is 0 Å². The molecular formula is C12H13ClN2O2. The number of fused-ring (bicyclic) bond motifs is 1. The average Bonchev–Trinajstić information content (AvgIpc) is 2.28. The number of rotatable bonds is 4. The second kappa shape index (κ2) is 5.19. The molecule has 5 heteroatoms. The van der Waals surface area contributed by atoms with E-state index in [1.54, 1.807) is 18.2 Å². The van der Waals surface area contributed by atoms with Gasteiger partial charge in [0.05, 0.1) is 10.9 Å². The third kappa shape index (κ3) is 2.77. The first-order chi connectivity index (χ1) is 8.20. The second-order valence-corrected chi connectivity index (χ2v) is 4.18. The van der Waals surface area contributed by atoms with Crippen molar-refractivity contribution in [2.24, 2.45) is 0 Å². The van der Waals surface area contributed by atoms with Crippen LogP contribution in [0.3, 0.4) is 0 Å². The summed E-state index contributed by atoms with van der Waals surface area (Å²) in [5.41, 5.74) is 0.151. The van der Waals surface area contributed by atoms with Crippen LogP contribution in [0, 0.1) is 0 Å². The molecular weight excluding hydrogens is 240 g/mol. The van der Waals surface area contributed by atoms with Crippen molar-refractivity contribution in [3.05, 3.63) is 33.6 Å². The first kappa shape index (κ1) is 11.9. The zero-order chi connectivity index (χ0) is 12.3. The zero-order valence-corrected chi connectivity index (χ0v) is 10.3. The van der Waals surface area contributed by atoms with Gasteiger partial charge in [-0.15, -0.1) is 0 Å². The summed E-state index contributed by atoms with van der Waals surface area (Å²) in [6, 6.07) is 5.16. The molecule has 17 heavy (non-hydrogen) atoms. The highest BCUT2D eigenvalue weighted by Crippen LogP contribution is 2.16. The molecule has 1 N–H and O–H groups in total. The fourth-order valence-electron chi connectivity index (χ4n) is 1.49. The summed E-state index contributed by atoms with van der Waals surface area (Å²) < 4.78 is 5.06. The van der Waals surface area contributed by atoms with Crippen molar-refractivity contribution >= 4 is 28.5 Å². The smallest absolute Gasteiger partial charge is 0.348 e. The molecule has 0 unspecified atom stereocenters. The van der Waals surface area contributed by atoms with Crippen LogP contribution in [-0.2, 0) is 0 Å². The Kier molecular flexibility index (Phi) is 3.64. The van der Waals surface area contributed by atoms with E-state index in [9.17, 15) is 4.79 Å². The number of nitrogens with one attached hydrogen (secondary N) is 1. The van der Waals surface area contributed by atoms with Gasteiger partial charge in [-0.05, 0) is 24.6 Å². The molecule has 0 aliphatic carbocycles. The minimum Gasteiger partial charge on any atom is -0.389 e. The van der Waals surface area contributed by atoms with Crippen LogP contribution in [0.5, 0.6) is 0 Å². The van der Waals surface area contributed by atoms with Gasteiger partial charge >= 0.3 is 5.63 Å². The lowest BCUT2D eigenvalue weighted by Crippen LogP contribution is -2.08. The molecule has 1 aromatic heterocycles. The molecule has 0 aliphatic rings. The second-order valence-electron chi connectivity index (χ2n) is 3.75. The minimum atomic E-state index is -0.398. The molecule has 0 saturated carbocycles. The fourth-order valence-corrected chi connectivity index (χ4v) is 1.66. The molecule has 0 atom stereocenters. The van der Waals surface area contributed by atoms with E-state index in [2.05, 4.69) is 17.2 Å². The van der Waals surface area contributed by atoms with Crippen molar-refractivity contribution in [1.29, 1.82) is 0 Å². The quantitative estimate of drug-likeness (QED) is 0.850. The Hall–Kier alpha value is -1.55. The Balaban J connectivity index is 2.36. The van der Waals surface area contributed by atoms with Gasteiger partial charge < -0.3 is 9.73 Å². The lowest BCUT2D eigenvalue weighted by atomic mass is 10.2. The summed E-state index contributed by atoms with van der Waals surface area (Å²) in [5, 5.41) is 3.97. The van der Waals surface area contributed by atoms with Crippen LogP contribution in [0.15, 0.2) is 27.4 Å². The van der Waals surface area contributed by atoms with Crippen molar-refractivity contribution < 1.29 is 4.42 Å². The highest BCUT2D eigenvalue weighted by atomic mass is 35.5. The van der Waals surface area contributed by atoms with Crippen LogP contribution >= 0.6 is 11.6 Å². The summed E-state index contributed by atoms with van der Waals surface area (Å²) in [6.07, 6.45) is 2.07. The summed E-state index contributed by atoms with van der Waals surface area (Å²) in [5.74, 6) is 0. The van der Waals surface area contributed by atoms with Gasteiger partial charge in [-0.2, -0.15) is 4.98 Å². The van der Waals surface area contributed by atoms with Gasteiger partial charge in [0, 0.05) is 11.6 Å². The Labute approximate surface area is 104 Å². The first-order valence-electron chi connectivity index (χ1n) is 5.55. The Morgan fingerprint density at radius 2 is 2.29 bits per heavy atom. The Morgan fingerprint density at radius 3 is 3.06 bits per heavy atom. The van der Waals surface area contributed by atoms with Crippen molar-refractivity contribution in [1.82, 2.24) is 4.98 Å². The average molecular weight is 253 g/mol. The number of halogens is 1. The summed E-state index contributed by atoms with van der Waals surface area (Å²) in [4.78, 5) is 15.9. The monoisotopic (exact) mass is 252 g/mol. The van der Waals surface area contributed by atoms with E-state index >= 15 is 0 Å². The van der Waals surface area contributed by atoms with E-state index in [0.29, 0.717) is 15.9 Å². The van der Waals surface area contributed by atoms with Gasteiger partial charge in [0.15, 0.2) is 0 Å². The molecule has 4 nitrogen and oxygen atoms in total. The topological polar surface area (TPSA) is 55.1 Å². The summed E-state index contributed by atoms with van der Waals surface area (Å²) in [6.45, 7) is 2.82. The normalized spacial score (nSPS) is 10.7. The third-order valence-electron chi connectivity index (χ3n) is 2.40. The molecule has 0 fully saturated rings. The number of hydrogen-bond acceptors (Lipinski definition) is 4. The molecule has 0 amide bonds. The zero-order valence-electron chi connectivity index (χ0n) is 9.50. The van der Waals surface area contributed by atoms with Gasteiger partial charge in [-0.1, -0.05) is 24.9 Å². The maximum Gasteiger partial charge on any atom is 0.348 e. The van der Waals surface area contributed by atoms with Gasteiger partial charge in [-0.25, -0.2) is 4.79 Å². The van der Waals surface area contributed by atoms with E-state index in [4.69, 9.17) is 16.0 Å². The van der Waals surface area contributed by atoms with Crippen molar-refractivity contribution in [2.75, 3.05) is 11.9 Å². The standard InChI is InChI=1S/C12H13ClN2O2/c1-2-3-6-14-12-15-10-7-8(13)4-5-9(10)11(16)17-12/h4-5,7H,2-3,6H2,1H3,(H,14,15). The lowest BCUT2D eigenvalue weighted by Gasteiger charge is -2.03. The number of unbranched alkanes of at least 4 members (excludes halogenated alkanes) is 1. The Bertz CT molecular complexity index is 580. The minimum absolute atomic E-state index is 0.248. The molecule has 0 radical (unpaired) electrons. The molecule has 0 aliphatic heterocycles. The van der Waals surface area contributed by atoms with Crippen molar-refractivity contribution in [2.45, 2.75) is 19.8 Å². The number of anilines is 1. The van der Waals surface area contributed by atoms with E-state index in [1.807, 2.05) is 0 Å². The van der Waals surface area contributed by atoms with Crippen molar-refractivity contribution in [3.8, 4) is 0 Å². The highest BCUT2D eigenvalue weighted by Gasteiger charge is 2.05. The molecule has 2 rings (SSSR count). The highest BCUT2D eigenvalue weighted by molar-refractivity contribution is 6.31. The predicted molar refractivity (Wildman–Crippen MR) is 68.7 cm³/mol. The summed E-state index contributed by atoms with van der Waals surface area (Å²) in [7, 11) is 0. The Morgan fingerprint density at radius 1 is 1.47 bits per heavy atom. The SMILES string of the molecule is CCCCNc1nc2cc(Cl)ccc2c(=O)o1. The fraction of sp³-hybridized carbons (Fsp3) is 0.333. The number of nitrogens with zero attached hydrogens (tertiary/aromatic N) is 1. The van der Waals surface area contributed by atoms with Crippen LogP contribution in [-0.4, -0.2) is 11.5 Å². The van der Waals surface area contributed by atoms with E-state index in [0.717, 1.165) is 19.4 Å². The number of aromatic nitrogens is 1. The van der Waals surface area contributed by atoms with Crippen LogP contribution in [0.4, 0.5) is 6.01 Å². The van der Waals surface area contributed by atoms with Crippen LogP contribution in [0.25, 0.3) is 10.9 Å². The van der Waals surface area contributed by atoms with E-state index in [1.165, 1.54) is 0 Å². The molecule has 90 valence electrons. The van der Waals surface area contributed by atoms with Gasteiger partial charge in [0.2, 0.25) is 0 Å². The molecule has 0 spiro atoms. The first-order valence-corrected chi connectivity index (χ1v) is 5.93. The molecule has 1 heterocycles. The van der Waals surface area contributed by atoms with Crippen LogP contribution in [0.2, 0.25) is 5.02 Å². The summed E-state index contributed by atoms with van der Waals surface area (Å²) >= 11 is 5.86. The van der Waals surface area contributed by atoms with E-state index in [-0.39, 0.29) is 6.01 Å². The van der Waals surface area contributed by atoms with Gasteiger partial charge in [-0.3, -0.25) is 0 Å². The van der Waals surface area contributed by atoms with Crippen LogP contribution < -0.4 is 10.9 Å². The lowest BCUT2D eigenvalue weighted by molar-refractivity contribution is 0.515. The molecule has 1 aromatic carbocycles. The number of benzene rings is 1. The third-order valence-corrected chi connectivity index (χ3v) is 2.63. The molecule has 0 bridgehead atoms. The maximum absolute atomic E-state index is 11.7. The molecule has 2 aromatic rings. The maximum atomic E-state index is 11.7. The van der Waals surface area contributed by atoms with Gasteiger partial charge in [0.25, 0.3) is 6.01 Å². The number of hydrogen-bond donors (Lipinski definition) is 1. The predicted octanol–water partition coefficient (Wildman–Crippen LogP) is 3.05. The van der Waals surface area contributed by atoms with E-state index < -0.39 is 5.63 Å². The van der Waals surface area contributed by atoms with Crippen LogP contribution in [0.1, 0.15) is 19.8 Å². The van der Waals surface area contributed by atoms with Crippen molar-refractivity contribution in [3.63, 3.8) is 0 Å². The largest absolute Gasteiger partial charge is 0.389 e.